The molecule has 2 aliphatic heterocycles. The highest BCUT2D eigenvalue weighted by Crippen LogP contribution is 2.39. The highest BCUT2D eigenvalue weighted by atomic mass is 79.9. The second-order valence-corrected chi connectivity index (χ2v) is 9.90. The molecule has 2 fully saturated rings. The van der Waals surface area contributed by atoms with Gasteiger partial charge < -0.3 is 19.3 Å². The number of anilines is 1. The van der Waals surface area contributed by atoms with Gasteiger partial charge in [-0.25, -0.2) is 0 Å². The number of imide groups is 1. The Morgan fingerprint density at radius 1 is 1.17 bits per heavy atom. The van der Waals surface area contributed by atoms with Gasteiger partial charge in [-0.05, 0) is 42.1 Å². The summed E-state index contributed by atoms with van der Waals surface area (Å²) in [7, 11) is 1.49. The van der Waals surface area contributed by atoms with Crippen LogP contribution in [0.5, 0.6) is 11.5 Å². The quantitative estimate of drug-likeness (QED) is 0.370. The van der Waals surface area contributed by atoms with Crippen molar-refractivity contribution in [2.75, 3.05) is 51.3 Å². The summed E-state index contributed by atoms with van der Waals surface area (Å²) < 4.78 is 11.7. The molecular formula is C26H24BrN3O5S. The van der Waals surface area contributed by atoms with E-state index >= 15 is 0 Å². The van der Waals surface area contributed by atoms with Gasteiger partial charge in [0.15, 0.2) is 11.5 Å². The molecule has 2 aromatic rings. The Bertz CT molecular complexity index is 1240. The molecule has 0 saturated carbocycles. The number of piperazine rings is 1. The van der Waals surface area contributed by atoms with Crippen LogP contribution >= 0.6 is 27.7 Å². The van der Waals surface area contributed by atoms with Crippen molar-refractivity contribution >= 4 is 56.5 Å². The minimum Gasteiger partial charge on any atom is -0.493 e. The molecule has 186 valence electrons. The van der Waals surface area contributed by atoms with Crippen LogP contribution in [-0.4, -0.2) is 73.3 Å². The third kappa shape index (κ3) is 5.69. The van der Waals surface area contributed by atoms with Gasteiger partial charge in [0, 0.05) is 41.9 Å². The summed E-state index contributed by atoms with van der Waals surface area (Å²) in [5.41, 5.74) is 1.63. The number of hydrogen-bond acceptors (Lipinski definition) is 7. The number of halogens is 1. The van der Waals surface area contributed by atoms with E-state index in [-0.39, 0.29) is 24.0 Å². The first-order valence-electron chi connectivity index (χ1n) is 11.2. The number of rotatable bonds is 7. The zero-order valence-corrected chi connectivity index (χ0v) is 22.0. The molecule has 10 heteroatoms. The van der Waals surface area contributed by atoms with E-state index in [1.54, 1.807) is 23.1 Å². The second-order valence-electron chi connectivity index (χ2n) is 7.99. The fourth-order valence-corrected chi connectivity index (χ4v) is 5.27. The number of thioether (sulfide) groups is 1. The van der Waals surface area contributed by atoms with Gasteiger partial charge in [0.2, 0.25) is 5.91 Å². The largest absolute Gasteiger partial charge is 0.493 e. The van der Waals surface area contributed by atoms with Crippen molar-refractivity contribution in [3.05, 3.63) is 57.4 Å². The van der Waals surface area contributed by atoms with Crippen molar-refractivity contribution in [3.63, 3.8) is 0 Å². The Labute approximate surface area is 222 Å². The highest BCUT2D eigenvalue weighted by Gasteiger charge is 2.37. The molecule has 0 aliphatic carbocycles. The maximum absolute atomic E-state index is 13.1. The number of benzene rings is 2. The normalized spacial score (nSPS) is 16.9. The van der Waals surface area contributed by atoms with E-state index in [0.717, 1.165) is 22.3 Å². The van der Waals surface area contributed by atoms with Crippen LogP contribution in [-0.2, 0) is 9.59 Å². The van der Waals surface area contributed by atoms with Crippen LogP contribution < -0.4 is 14.4 Å². The van der Waals surface area contributed by atoms with E-state index in [9.17, 15) is 14.4 Å². The van der Waals surface area contributed by atoms with Gasteiger partial charge in [0.05, 0.1) is 12.0 Å². The molecule has 8 nitrogen and oxygen atoms in total. The maximum atomic E-state index is 13.1. The van der Waals surface area contributed by atoms with Crippen molar-refractivity contribution in [1.29, 1.82) is 0 Å². The average molecular weight is 570 g/mol. The van der Waals surface area contributed by atoms with E-state index in [0.29, 0.717) is 47.7 Å². The molecule has 2 saturated heterocycles. The summed E-state index contributed by atoms with van der Waals surface area (Å²) in [5, 5.41) is -0.490. The number of nitrogens with zero attached hydrogens (tertiary/aromatic N) is 3. The molecule has 36 heavy (non-hydrogen) atoms. The minimum atomic E-state index is -0.525. The Morgan fingerprint density at radius 2 is 1.89 bits per heavy atom. The predicted molar refractivity (Wildman–Crippen MR) is 143 cm³/mol. The monoisotopic (exact) mass is 569 g/mol. The van der Waals surface area contributed by atoms with Gasteiger partial charge in [-0.1, -0.05) is 40.0 Å². The SMILES string of the molecule is C#CCOc1c(/C=C2/SC(=O)N(CC(=O)N3CCN(c4ccccc4)CC3)C2=O)cc(Br)cc1OC. The van der Waals surface area contributed by atoms with E-state index in [2.05, 4.69) is 26.8 Å². The number of hydrogen-bond donors (Lipinski definition) is 0. The van der Waals surface area contributed by atoms with Crippen molar-refractivity contribution in [2.24, 2.45) is 0 Å². The van der Waals surface area contributed by atoms with Crippen molar-refractivity contribution in [3.8, 4) is 23.8 Å². The molecule has 0 radical (unpaired) electrons. The Kier molecular flexibility index (Phi) is 8.23. The Hall–Kier alpha value is -3.42. The molecule has 0 atom stereocenters. The topological polar surface area (TPSA) is 79.4 Å². The highest BCUT2D eigenvalue weighted by molar-refractivity contribution is 9.10. The van der Waals surface area contributed by atoms with Crippen LogP contribution in [0.15, 0.2) is 51.8 Å². The molecule has 3 amide bonds. The zero-order chi connectivity index (χ0) is 25.7. The Morgan fingerprint density at radius 3 is 2.56 bits per heavy atom. The number of carbonyl (C=O) groups excluding carboxylic acids is 3. The van der Waals surface area contributed by atoms with Crippen LogP contribution in [0.4, 0.5) is 10.5 Å². The third-order valence-corrected chi connectivity index (χ3v) is 7.14. The number of methoxy groups -OCH3 is 1. The number of carbonyl (C=O) groups is 3. The first-order chi connectivity index (χ1) is 17.4. The van der Waals surface area contributed by atoms with Gasteiger partial charge in [-0.3, -0.25) is 19.3 Å². The van der Waals surface area contributed by atoms with Crippen LogP contribution in [0.2, 0.25) is 0 Å². The van der Waals surface area contributed by atoms with Crippen molar-refractivity contribution in [2.45, 2.75) is 0 Å². The van der Waals surface area contributed by atoms with Gasteiger partial charge in [-0.15, -0.1) is 6.42 Å². The van der Waals surface area contributed by atoms with Gasteiger partial charge >= 0.3 is 0 Å². The average Bonchev–Trinajstić information content (AvgIpc) is 3.15. The van der Waals surface area contributed by atoms with Gasteiger partial charge in [0.25, 0.3) is 11.1 Å². The van der Waals surface area contributed by atoms with Crippen molar-refractivity contribution in [1.82, 2.24) is 9.80 Å². The zero-order valence-electron chi connectivity index (χ0n) is 19.6. The van der Waals surface area contributed by atoms with E-state index in [1.807, 2.05) is 30.3 Å². The molecule has 2 aliphatic rings. The molecule has 0 aromatic heterocycles. The number of terminal acetylenes is 1. The summed E-state index contributed by atoms with van der Waals surface area (Å²) in [4.78, 5) is 43.7. The maximum Gasteiger partial charge on any atom is 0.294 e. The lowest BCUT2D eigenvalue weighted by atomic mass is 10.1. The first kappa shape index (κ1) is 25.7. The van der Waals surface area contributed by atoms with Gasteiger partial charge in [0.1, 0.15) is 13.2 Å². The lowest BCUT2D eigenvalue weighted by Crippen LogP contribution is -2.51. The predicted octanol–water partition coefficient (Wildman–Crippen LogP) is 3.85. The molecule has 2 heterocycles. The molecule has 4 rings (SSSR count). The van der Waals surface area contributed by atoms with E-state index in [1.165, 1.54) is 7.11 Å². The minimum absolute atomic E-state index is 0.00630. The lowest BCUT2D eigenvalue weighted by molar-refractivity contribution is -0.136. The standard InChI is InChI=1S/C26H24BrN3O5S/c1-3-13-35-24-18(14-19(27)16-21(24)34-2)15-22-25(32)30(26(33)36-22)17-23(31)29-11-9-28(10-12-29)20-7-5-4-6-8-20/h1,4-8,14-16H,9-13,17H2,2H3/b22-15+. The molecule has 0 bridgehead atoms. The molecule has 2 aromatic carbocycles. The number of amides is 3. The van der Waals surface area contributed by atoms with Crippen molar-refractivity contribution < 1.29 is 23.9 Å². The van der Waals surface area contributed by atoms with E-state index < -0.39 is 11.1 Å². The van der Waals surface area contributed by atoms with Crippen LogP contribution in [0.3, 0.4) is 0 Å². The second kappa shape index (κ2) is 11.5. The first-order valence-corrected chi connectivity index (χ1v) is 12.8. The summed E-state index contributed by atoms with van der Waals surface area (Å²) in [6.45, 7) is 2.12. The summed E-state index contributed by atoms with van der Waals surface area (Å²) >= 11 is 4.19. The van der Waals surface area contributed by atoms with Crippen LogP contribution in [0.1, 0.15) is 5.56 Å². The van der Waals surface area contributed by atoms with Gasteiger partial charge in [-0.2, -0.15) is 0 Å². The molecule has 0 N–H and O–H groups in total. The number of para-hydroxylation sites is 1. The molecular weight excluding hydrogens is 546 g/mol. The summed E-state index contributed by atoms with van der Waals surface area (Å²) in [6, 6.07) is 13.4. The molecule has 0 unspecified atom stereocenters. The summed E-state index contributed by atoms with van der Waals surface area (Å²) in [6.07, 6.45) is 6.88. The Balaban J connectivity index is 1.45. The third-order valence-electron chi connectivity index (χ3n) is 5.78. The fraction of sp³-hybridized carbons (Fsp3) is 0.269. The lowest BCUT2D eigenvalue weighted by Gasteiger charge is -2.36. The van der Waals surface area contributed by atoms with E-state index in [4.69, 9.17) is 15.9 Å². The fourth-order valence-electron chi connectivity index (χ4n) is 3.98. The van der Waals surface area contributed by atoms with Crippen LogP contribution in [0, 0.1) is 12.3 Å². The summed E-state index contributed by atoms with van der Waals surface area (Å²) in [5.74, 6) is 2.40. The van der Waals surface area contributed by atoms with Crippen LogP contribution in [0.25, 0.3) is 6.08 Å². The smallest absolute Gasteiger partial charge is 0.294 e. The number of ether oxygens (including phenoxy) is 2. The molecule has 0 spiro atoms.